The SMILES string of the molecule is CO[C@H]1O[C@]2(O)C[C@@H]3CC[C@@H]4[C@H](CC[C@]5(C)[C@@H](C6=CC(=O)OC6)CC[C@]45O)[C@@]31C[C@H]2O. The largest absolute Gasteiger partial charge is 0.458 e. The molecule has 0 aromatic carbocycles. The van der Waals surface area contributed by atoms with Crippen LogP contribution in [0.2, 0.25) is 0 Å². The number of rotatable bonds is 2. The van der Waals surface area contributed by atoms with Gasteiger partial charge >= 0.3 is 5.97 Å². The van der Waals surface area contributed by atoms with E-state index in [0.29, 0.717) is 25.9 Å². The number of hydrogen-bond acceptors (Lipinski definition) is 7. The normalized spacial score (nSPS) is 57.7. The van der Waals surface area contributed by atoms with Gasteiger partial charge in [0.15, 0.2) is 12.1 Å². The second-order valence-corrected chi connectivity index (χ2v) is 11.4. The van der Waals surface area contributed by atoms with E-state index in [9.17, 15) is 20.1 Å². The van der Waals surface area contributed by atoms with Gasteiger partial charge in [-0.25, -0.2) is 4.79 Å². The minimum atomic E-state index is -1.53. The Morgan fingerprint density at radius 1 is 1.10 bits per heavy atom. The number of methoxy groups -OCH3 is 1. The van der Waals surface area contributed by atoms with Gasteiger partial charge in [-0.15, -0.1) is 0 Å². The Bertz CT molecular complexity index is 830. The molecule has 7 nitrogen and oxygen atoms in total. The number of esters is 1. The molecule has 7 heteroatoms. The van der Waals surface area contributed by atoms with E-state index in [-0.39, 0.29) is 40.5 Å². The monoisotopic (exact) mass is 434 g/mol. The fraction of sp³-hybridized carbons (Fsp3) is 0.875. The van der Waals surface area contributed by atoms with E-state index in [1.807, 2.05) is 0 Å². The van der Waals surface area contributed by atoms with Crippen molar-refractivity contribution in [2.45, 2.75) is 82.1 Å². The molecule has 4 saturated carbocycles. The first-order valence-corrected chi connectivity index (χ1v) is 11.9. The molecular formula is C24H34O7. The summed E-state index contributed by atoms with van der Waals surface area (Å²) < 4.78 is 17.0. The quantitative estimate of drug-likeness (QED) is 0.570. The molecule has 0 radical (unpaired) electrons. The zero-order chi connectivity index (χ0) is 21.8. The standard InChI is InChI=1S/C24H34O7/c1-21-7-5-16-17(23(21,27)8-6-15(21)13-9-19(26)30-12-13)4-3-14-10-24(28)18(25)11-22(14,16)20(29-2)31-24/h9,14-18,20,25,27-28H,3-8,10-12H2,1-2H3/t14-,15+,16-,17+,18+,20-,21+,22+,23-,24+/m0/s1. The van der Waals surface area contributed by atoms with Gasteiger partial charge in [-0.1, -0.05) is 6.92 Å². The number of carbonyl (C=O) groups excluding carboxylic acids is 1. The first-order chi connectivity index (χ1) is 14.7. The molecule has 3 heterocycles. The minimum Gasteiger partial charge on any atom is -0.458 e. The minimum absolute atomic E-state index is 0.0869. The maximum absolute atomic E-state index is 12.3. The number of carbonyl (C=O) groups is 1. The number of cyclic esters (lactones) is 1. The zero-order valence-corrected chi connectivity index (χ0v) is 18.4. The molecule has 6 fully saturated rings. The van der Waals surface area contributed by atoms with Gasteiger partial charge in [0.1, 0.15) is 12.7 Å². The molecule has 0 unspecified atom stereocenters. The van der Waals surface area contributed by atoms with Crippen LogP contribution in [0.15, 0.2) is 11.6 Å². The Labute approximate surface area is 182 Å². The van der Waals surface area contributed by atoms with Crippen LogP contribution in [-0.2, 0) is 19.0 Å². The van der Waals surface area contributed by atoms with Gasteiger partial charge in [0.25, 0.3) is 0 Å². The summed E-state index contributed by atoms with van der Waals surface area (Å²) in [5, 5.41) is 34.0. The van der Waals surface area contributed by atoms with Gasteiger partial charge in [0, 0.05) is 30.4 Å². The summed E-state index contributed by atoms with van der Waals surface area (Å²) in [5.41, 5.74) is -0.490. The lowest BCUT2D eigenvalue weighted by Crippen LogP contribution is -2.74. The average molecular weight is 435 g/mol. The van der Waals surface area contributed by atoms with Gasteiger partial charge < -0.3 is 29.5 Å². The van der Waals surface area contributed by atoms with Crippen molar-refractivity contribution in [2.75, 3.05) is 13.7 Å². The van der Waals surface area contributed by atoms with Crippen molar-refractivity contribution >= 4 is 5.97 Å². The molecule has 1 spiro atoms. The van der Waals surface area contributed by atoms with Crippen LogP contribution in [0, 0.1) is 34.5 Å². The van der Waals surface area contributed by atoms with Crippen molar-refractivity contribution in [1.29, 1.82) is 0 Å². The number of hydrogen-bond donors (Lipinski definition) is 3. The highest BCUT2D eigenvalue weighted by Crippen LogP contribution is 2.72. The first kappa shape index (κ1) is 20.6. The molecule has 31 heavy (non-hydrogen) atoms. The van der Waals surface area contributed by atoms with Crippen LogP contribution in [0.1, 0.15) is 58.3 Å². The van der Waals surface area contributed by atoms with Crippen molar-refractivity contribution in [1.82, 2.24) is 0 Å². The molecule has 3 N–H and O–H groups in total. The Balaban J connectivity index is 1.38. The summed E-state index contributed by atoms with van der Waals surface area (Å²) >= 11 is 0. The molecule has 7 aliphatic rings. The van der Waals surface area contributed by atoms with E-state index in [1.165, 1.54) is 0 Å². The van der Waals surface area contributed by atoms with Gasteiger partial charge in [-0.3, -0.25) is 0 Å². The lowest BCUT2D eigenvalue weighted by atomic mass is 9.41. The lowest BCUT2D eigenvalue weighted by Gasteiger charge is -2.69. The Hall–Kier alpha value is -0.990. The fourth-order valence-corrected chi connectivity index (χ4v) is 9.23. The third-order valence-electron chi connectivity index (χ3n) is 10.6. The molecule has 4 aliphatic carbocycles. The summed E-state index contributed by atoms with van der Waals surface area (Å²) in [5.74, 6) is -1.17. The molecule has 0 aromatic rings. The number of aliphatic hydroxyl groups is 3. The predicted molar refractivity (Wildman–Crippen MR) is 108 cm³/mol. The van der Waals surface area contributed by atoms with Crippen LogP contribution in [-0.4, -0.2) is 58.8 Å². The zero-order valence-electron chi connectivity index (χ0n) is 18.4. The summed E-state index contributed by atoms with van der Waals surface area (Å²) in [6.07, 6.45) is 6.19. The van der Waals surface area contributed by atoms with Crippen LogP contribution < -0.4 is 0 Å². The van der Waals surface area contributed by atoms with Crippen molar-refractivity contribution in [3.05, 3.63) is 11.6 Å². The van der Waals surface area contributed by atoms with Crippen LogP contribution in [0.25, 0.3) is 0 Å². The lowest BCUT2D eigenvalue weighted by molar-refractivity contribution is -0.443. The van der Waals surface area contributed by atoms with Crippen molar-refractivity contribution in [2.24, 2.45) is 34.5 Å². The number of ether oxygens (including phenoxy) is 3. The van der Waals surface area contributed by atoms with E-state index in [1.54, 1.807) is 13.2 Å². The molecule has 7 rings (SSSR count). The Kier molecular flexibility index (Phi) is 4.20. The second kappa shape index (κ2) is 6.32. The molecular weight excluding hydrogens is 400 g/mol. The van der Waals surface area contributed by atoms with Gasteiger partial charge in [0.05, 0.1) is 5.60 Å². The molecule has 3 aliphatic heterocycles. The number of aliphatic hydroxyl groups excluding tert-OH is 1. The average Bonchev–Trinajstić information content (AvgIpc) is 3.27. The molecule has 10 atom stereocenters. The highest BCUT2D eigenvalue weighted by molar-refractivity contribution is 5.85. The Morgan fingerprint density at radius 2 is 1.90 bits per heavy atom. The highest BCUT2D eigenvalue weighted by atomic mass is 16.7. The van der Waals surface area contributed by atoms with Crippen LogP contribution in [0.3, 0.4) is 0 Å². The van der Waals surface area contributed by atoms with Gasteiger partial charge in [-0.2, -0.15) is 0 Å². The van der Waals surface area contributed by atoms with E-state index < -0.39 is 23.8 Å². The van der Waals surface area contributed by atoms with Crippen LogP contribution in [0.4, 0.5) is 0 Å². The highest BCUT2D eigenvalue weighted by Gasteiger charge is 2.74. The van der Waals surface area contributed by atoms with Crippen molar-refractivity contribution < 1.29 is 34.3 Å². The fourth-order valence-electron chi connectivity index (χ4n) is 9.23. The van der Waals surface area contributed by atoms with E-state index >= 15 is 0 Å². The molecule has 0 amide bonds. The predicted octanol–water partition coefficient (Wildman–Crippen LogP) is 1.89. The third kappa shape index (κ3) is 2.34. The van der Waals surface area contributed by atoms with E-state index in [0.717, 1.165) is 37.7 Å². The first-order valence-electron chi connectivity index (χ1n) is 11.9. The molecule has 2 bridgehead atoms. The van der Waals surface area contributed by atoms with Crippen LogP contribution >= 0.6 is 0 Å². The number of fused-ring (bicyclic) bond motifs is 5. The second-order valence-electron chi connectivity index (χ2n) is 11.4. The third-order valence-corrected chi connectivity index (χ3v) is 10.6. The molecule has 2 saturated heterocycles. The van der Waals surface area contributed by atoms with Gasteiger partial charge in [-0.05, 0) is 74.2 Å². The summed E-state index contributed by atoms with van der Waals surface area (Å²) in [4.78, 5) is 11.7. The Morgan fingerprint density at radius 3 is 2.61 bits per heavy atom. The topological polar surface area (TPSA) is 105 Å². The van der Waals surface area contributed by atoms with Crippen molar-refractivity contribution in [3.8, 4) is 0 Å². The summed E-state index contributed by atoms with van der Waals surface area (Å²) in [7, 11) is 1.62. The molecule has 172 valence electrons. The van der Waals surface area contributed by atoms with Gasteiger partial charge in [0.2, 0.25) is 0 Å². The maximum Gasteiger partial charge on any atom is 0.331 e. The van der Waals surface area contributed by atoms with Crippen molar-refractivity contribution in [3.63, 3.8) is 0 Å². The molecule has 0 aromatic heterocycles. The summed E-state index contributed by atoms with van der Waals surface area (Å²) in [6.45, 7) is 2.55. The van der Waals surface area contributed by atoms with Crippen LogP contribution in [0.5, 0.6) is 0 Å². The summed E-state index contributed by atoms with van der Waals surface area (Å²) in [6, 6.07) is 0. The maximum atomic E-state index is 12.3. The van der Waals surface area contributed by atoms with E-state index in [4.69, 9.17) is 14.2 Å². The van der Waals surface area contributed by atoms with E-state index in [2.05, 4.69) is 6.92 Å². The smallest absolute Gasteiger partial charge is 0.331 e.